The molecule has 28 heavy (non-hydrogen) atoms. The lowest BCUT2D eigenvalue weighted by Crippen LogP contribution is -2.34. The second kappa shape index (κ2) is 7.97. The van der Waals surface area contributed by atoms with Crippen LogP contribution in [0.2, 0.25) is 0 Å². The van der Waals surface area contributed by atoms with Crippen LogP contribution in [-0.4, -0.2) is 26.0 Å². The van der Waals surface area contributed by atoms with Crippen LogP contribution in [-0.2, 0) is 19.4 Å². The van der Waals surface area contributed by atoms with Crippen molar-refractivity contribution in [2.45, 2.75) is 45.7 Å². The van der Waals surface area contributed by atoms with Gasteiger partial charge in [0.15, 0.2) is 5.82 Å². The van der Waals surface area contributed by atoms with E-state index in [2.05, 4.69) is 48.3 Å². The van der Waals surface area contributed by atoms with E-state index in [4.69, 9.17) is 4.98 Å². The summed E-state index contributed by atoms with van der Waals surface area (Å²) < 4.78 is 0. The molecule has 3 aromatic rings. The van der Waals surface area contributed by atoms with Gasteiger partial charge in [-0.1, -0.05) is 68.8 Å². The molecular weight excluding hydrogens is 348 g/mol. The number of benzene rings is 2. The Kier molecular flexibility index (Phi) is 5.24. The maximum atomic E-state index is 13.0. The minimum atomic E-state index is -0.119. The standard InChI is InChI=1S/C23H26N4O/c1-3-16(2)21(27-15-18-11-7-8-12-19(18)23(27)28)22-24-20(25-26-22)14-13-17-9-5-4-6-10-17/h4-12,16,21H,3,13-15H2,1-2H3,(H,24,25,26). The van der Waals surface area contributed by atoms with Gasteiger partial charge >= 0.3 is 0 Å². The quantitative estimate of drug-likeness (QED) is 0.669. The van der Waals surface area contributed by atoms with Gasteiger partial charge in [-0.2, -0.15) is 5.10 Å². The molecule has 0 bridgehead atoms. The molecule has 0 saturated carbocycles. The van der Waals surface area contributed by atoms with Gasteiger partial charge in [-0.3, -0.25) is 9.89 Å². The minimum Gasteiger partial charge on any atom is -0.324 e. The maximum Gasteiger partial charge on any atom is 0.255 e. The Hall–Kier alpha value is -2.95. The smallest absolute Gasteiger partial charge is 0.255 e. The van der Waals surface area contributed by atoms with E-state index in [9.17, 15) is 4.79 Å². The van der Waals surface area contributed by atoms with Crippen molar-refractivity contribution in [3.05, 3.63) is 82.9 Å². The number of fused-ring (bicyclic) bond motifs is 1. The predicted molar refractivity (Wildman–Crippen MR) is 109 cm³/mol. The van der Waals surface area contributed by atoms with Crippen molar-refractivity contribution in [2.75, 3.05) is 0 Å². The molecule has 1 aliphatic rings. The van der Waals surface area contributed by atoms with E-state index in [1.807, 2.05) is 35.2 Å². The number of amides is 1. The molecule has 0 fully saturated rings. The van der Waals surface area contributed by atoms with Crippen LogP contribution >= 0.6 is 0 Å². The summed E-state index contributed by atoms with van der Waals surface area (Å²) in [7, 11) is 0. The van der Waals surface area contributed by atoms with Gasteiger partial charge in [-0.05, 0) is 29.5 Å². The molecule has 2 atom stereocenters. The number of nitrogens with one attached hydrogen (secondary N) is 1. The summed E-state index contributed by atoms with van der Waals surface area (Å²) in [5.41, 5.74) is 3.17. The first-order valence-electron chi connectivity index (χ1n) is 10.0. The number of carbonyl (C=O) groups is 1. The van der Waals surface area contributed by atoms with Crippen LogP contribution in [0.4, 0.5) is 0 Å². The van der Waals surface area contributed by atoms with E-state index in [-0.39, 0.29) is 17.9 Å². The molecule has 2 heterocycles. The number of carbonyl (C=O) groups excluding carboxylic acids is 1. The molecule has 1 N–H and O–H groups in total. The lowest BCUT2D eigenvalue weighted by Gasteiger charge is -2.30. The second-order valence-corrected chi connectivity index (χ2v) is 7.55. The first-order chi connectivity index (χ1) is 13.7. The highest BCUT2D eigenvalue weighted by Gasteiger charge is 2.37. The van der Waals surface area contributed by atoms with Crippen molar-refractivity contribution in [1.29, 1.82) is 0 Å². The first-order valence-corrected chi connectivity index (χ1v) is 10.0. The van der Waals surface area contributed by atoms with E-state index in [0.29, 0.717) is 6.54 Å². The topological polar surface area (TPSA) is 61.9 Å². The summed E-state index contributed by atoms with van der Waals surface area (Å²) in [4.78, 5) is 19.7. The number of rotatable bonds is 7. The summed E-state index contributed by atoms with van der Waals surface area (Å²) in [5.74, 6) is 1.95. The fourth-order valence-electron chi connectivity index (χ4n) is 3.89. The molecule has 0 radical (unpaired) electrons. The Morgan fingerprint density at radius 2 is 1.82 bits per heavy atom. The van der Waals surface area contributed by atoms with Crippen molar-refractivity contribution in [1.82, 2.24) is 20.1 Å². The second-order valence-electron chi connectivity index (χ2n) is 7.55. The third-order valence-electron chi connectivity index (χ3n) is 5.67. The molecule has 4 rings (SSSR count). The van der Waals surface area contributed by atoms with E-state index >= 15 is 0 Å². The Morgan fingerprint density at radius 3 is 2.57 bits per heavy atom. The average Bonchev–Trinajstić information content (AvgIpc) is 3.33. The van der Waals surface area contributed by atoms with Crippen LogP contribution in [0.25, 0.3) is 0 Å². The number of aromatic amines is 1. The highest BCUT2D eigenvalue weighted by atomic mass is 16.2. The van der Waals surface area contributed by atoms with Crippen LogP contribution in [0.3, 0.4) is 0 Å². The van der Waals surface area contributed by atoms with Crippen LogP contribution in [0.15, 0.2) is 54.6 Å². The predicted octanol–water partition coefficient (Wildman–Crippen LogP) is 4.33. The Labute approximate surface area is 165 Å². The zero-order valence-corrected chi connectivity index (χ0v) is 16.4. The van der Waals surface area contributed by atoms with Gasteiger partial charge in [0.25, 0.3) is 5.91 Å². The summed E-state index contributed by atoms with van der Waals surface area (Å²) in [6, 6.07) is 18.1. The van der Waals surface area contributed by atoms with Crippen molar-refractivity contribution < 1.29 is 4.79 Å². The monoisotopic (exact) mass is 374 g/mol. The fourth-order valence-corrected chi connectivity index (χ4v) is 3.89. The van der Waals surface area contributed by atoms with Crippen LogP contribution in [0.5, 0.6) is 0 Å². The molecule has 2 unspecified atom stereocenters. The maximum absolute atomic E-state index is 13.0. The largest absolute Gasteiger partial charge is 0.324 e. The van der Waals surface area contributed by atoms with E-state index in [0.717, 1.165) is 42.0 Å². The van der Waals surface area contributed by atoms with Crippen LogP contribution in [0.1, 0.15) is 59.4 Å². The van der Waals surface area contributed by atoms with Gasteiger partial charge in [0.05, 0.1) is 6.04 Å². The van der Waals surface area contributed by atoms with Crippen molar-refractivity contribution in [2.24, 2.45) is 5.92 Å². The highest BCUT2D eigenvalue weighted by molar-refractivity contribution is 5.98. The van der Waals surface area contributed by atoms with Crippen LogP contribution in [0, 0.1) is 5.92 Å². The molecular formula is C23H26N4O. The van der Waals surface area contributed by atoms with Crippen molar-refractivity contribution in [3.8, 4) is 0 Å². The molecule has 2 aromatic carbocycles. The number of nitrogens with zero attached hydrogens (tertiary/aromatic N) is 3. The van der Waals surface area contributed by atoms with Gasteiger partial charge in [-0.25, -0.2) is 4.98 Å². The van der Waals surface area contributed by atoms with E-state index in [1.54, 1.807) is 0 Å². The fraction of sp³-hybridized carbons (Fsp3) is 0.348. The van der Waals surface area contributed by atoms with Crippen LogP contribution < -0.4 is 0 Å². The molecule has 144 valence electrons. The summed E-state index contributed by atoms with van der Waals surface area (Å²) in [6.07, 6.45) is 2.68. The van der Waals surface area contributed by atoms with E-state index in [1.165, 1.54) is 5.56 Å². The zero-order valence-electron chi connectivity index (χ0n) is 16.4. The first kappa shape index (κ1) is 18.4. The van der Waals surface area contributed by atoms with Gasteiger partial charge in [-0.15, -0.1) is 0 Å². The summed E-state index contributed by atoms with van der Waals surface area (Å²) in [6.45, 7) is 4.94. The van der Waals surface area contributed by atoms with E-state index < -0.39 is 0 Å². The number of H-pyrrole nitrogens is 1. The minimum absolute atomic E-state index is 0.0801. The van der Waals surface area contributed by atoms with Gasteiger partial charge < -0.3 is 4.90 Å². The molecule has 1 aliphatic heterocycles. The number of aromatic nitrogens is 3. The zero-order chi connectivity index (χ0) is 19.5. The lowest BCUT2D eigenvalue weighted by atomic mass is 9.97. The Morgan fingerprint density at radius 1 is 1.07 bits per heavy atom. The normalized spacial score (nSPS) is 15.5. The number of hydrogen-bond donors (Lipinski definition) is 1. The third kappa shape index (κ3) is 3.57. The summed E-state index contributed by atoms with van der Waals surface area (Å²) in [5, 5.41) is 7.61. The molecule has 1 amide bonds. The molecule has 5 heteroatoms. The number of aryl methyl sites for hydroxylation is 2. The Balaban J connectivity index is 1.54. The van der Waals surface area contributed by atoms with Crippen molar-refractivity contribution >= 4 is 5.91 Å². The SMILES string of the molecule is CCC(C)C(c1n[nH]c(CCc2ccccc2)n1)N1Cc2ccccc2C1=O. The Bertz CT molecular complexity index is 950. The number of hydrogen-bond acceptors (Lipinski definition) is 3. The molecule has 0 spiro atoms. The summed E-state index contributed by atoms with van der Waals surface area (Å²) >= 11 is 0. The highest BCUT2D eigenvalue weighted by Crippen LogP contribution is 2.35. The average molecular weight is 374 g/mol. The van der Waals surface area contributed by atoms with Crippen molar-refractivity contribution in [3.63, 3.8) is 0 Å². The van der Waals surface area contributed by atoms with Gasteiger partial charge in [0.1, 0.15) is 5.82 Å². The van der Waals surface area contributed by atoms with Gasteiger partial charge in [0.2, 0.25) is 0 Å². The molecule has 1 aromatic heterocycles. The lowest BCUT2D eigenvalue weighted by molar-refractivity contribution is 0.0623. The third-order valence-corrected chi connectivity index (χ3v) is 5.67. The van der Waals surface area contributed by atoms with Gasteiger partial charge in [0, 0.05) is 18.5 Å². The molecule has 5 nitrogen and oxygen atoms in total. The molecule has 0 aliphatic carbocycles. The molecule has 0 saturated heterocycles.